The van der Waals surface area contributed by atoms with Gasteiger partial charge in [0.25, 0.3) is 0 Å². The fourth-order valence-electron chi connectivity index (χ4n) is 3.73. The lowest BCUT2D eigenvalue weighted by Gasteiger charge is -2.40. The molecule has 0 spiro atoms. The number of aliphatic hydroxyl groups is 5. The predicted molar refractivity (Wildman–Crippen MR) is 126 cm³/mol. The highest BCUT2D eigenvalue weighted by Gasteiger charge is 2.44. The van der Waals surface area contributed by atoms with Crippen molar-refractivity contribution >= 4 is 0 Å². The maximum Gasteiger partial charge on any atom is 0.186 e. The minimum absolute atomic E-state index is 0.0128. The smallest absolute Gasteiger partial charge is 0.186 e. The van der Waals surface area contributed by atoms with Crippen molar-refractivity contribution in [3.63, 3.8) is 0 Å². The fraction of sp³-hybridized carbons (Fsp3) is 0.917. The van der Waals surface area contributed by atoms with E-state index in [0.717, 1.165) is 12.8 Å². The number of hydrogen-bond acceptors (Lipinski definition) is 9. The van der Waals surface area contributed by atoms with Gasteiger partial charge in [-0.25, -0.2) is 0 Å². The molecule has 1 heterocycles. The molecule has 0 bridgehead atoms. The first kappa shape index (κ1) is 30.4. The zero-order chi connectivity index (χ0) is 24.5. The van der Waals surface area contributed by atoms with Crippen LogP contribution in [-0.4, -0.2) is 94.9 Å². The van der Waals surface area contributed by atoms with Crippen molar-refractivity contribution in [3.05, 3.63) is 12.2 Å². The third kappa shape index (κ3) is 12.1. The quantitative estimate of drug-likeness (QED) is 0.0919. The molecule has 0 aromatic carbocycles. The molecule has 6 N–H and O–H groups in total. The lowest BCUT2D eigenvalue weighted by Crippen LogP contribution is -2.59. The van der Waals surface area contributed by atoms with E-state index >= 15 is 0 Å². The van der Waals surface area contributed by atoms with E-state index in [2.05, 4.69) is 18.3 Å². The number of rotatable bonds is 19. The van der Waals surface area contributed by atoms with E-state index in [1.807, 2.05) is 13.0 Å². The largest absolute Gasteiger partial charge is 0.394 e. The van der Waals surface area contributed by atoms with Gasteiger partial charge in [-0.15, -0.1) is 0 Å². The Bertz CT molecular complexity index is 493. The molecule has 5 unspecified atom stereocenters. The summed E-state index contributed by atoms with van der Waals surface area (Å²) in [4.78, 5) is 0. The Morgan fingerprint density at radius 2 is 1.67 bits per heavy atom. The number of hydrogen-bond donors (Lipinski definition) is 6. The molecule has 1 rings (SSSR count). The van der Waals surface area contributed by atoms with E-state index in [1.54, 1.807) is 0 Å². The Morgan fingerprint density at radius 1 is 0.939 bits per heavy atom. The van der Waals surface area contributed by atoms with E-state index in [4.69, 9.17) is 14.2 Å². The van der Waals surface area contributed by atoms with Gasteiger partial charge in [0.05, 0.1) is 38.7 Å². The van der Waals surface area contributed by atoms with Crippen LogP contribution in [0.2, 0.25) is 0 Å². The Balaban J connectivity index is 2.34. The number of ether oxygens (including phenoxy) is 3. The molecule has 0 radical (unpaired) electrons. The van der Waals surface area contributed by atoms with Gasteiger partial charge >= 0.3 is 0 Å². The molecular formula is C24H47NO8. The molecule has 9 heteroatoms. The van der Waals surface area contributed by atoms with Crippen molar-refractivity contribution in [2.24, 2.45) is 0 Å². The Kier molecular flexibility index (Phi) is 17.2. The maximum absolute atomic E-state index is 10.4. The van der Waals surface area contributed by atoms with Crippen LogP contribution in [0.1, 0.15) is 71.6 Å². The van der Waals surface area contributed by atoms with Gasteiger partial charge in [-0.05, 0) is 19.3 Å². The predicted octanol–water partition coefficient (Wildman–Crippen LogP) is 1.20. The minimum Gasteiger partial charge on any atom is -0.394 e. The highest BCUT2D eigenvalue weighted by atomic mass is 16.7. The Hall–Kier alpha value is -0.620. The SMILES string of the molecule is CCCCCCCC/C=C\COCNC(CO[C@H]1OC(CO)[C@H](O)C(O)C1O)C(O)CCC. The molecule has 196 valence electrons. The van der Waals surface area contributed by atoms with Crippen LogP contribution in [0.4, 0.5) is 0 Å². The molecule has 0 aromatic rings. The highest BCUT2D eigenvalue weighted by molar-refractivity contribution is 4.89. The van der Waals surface area contributed by atoms with Crippen molar-refractivity contribution in [3.8, 4) is 0 Å². The molecule has 7 atom stereocenters. The topological polar surface area (TPSA) is 141 Å². The van der Waals surface area contributed by atoms with Crippen LogP contribution in [0.3, 0.4) is 0 Å². The molecule has 1 fully saturated rings. The Morgan fingerprint density at radius 3 is 2.36 bits per heavy atom. The van der Waals surface area contributed by atoms with Crippen molar-refractivity contribution in [2.75, 3.05) is 26.6 Å². The lowest BCUT2D eigenvalue weighted by molar-refractivity contribution is -0.303. The zero-order valence-electron chi connectivity index (χ0n) is 20.3. The molecule has 1 aliphatic heterocycles. The van der Waals surface area contributed by atoms with Crippen molar-refractivity contribution in [1.29, 1.82) is 0 Å². The van der Waals surface area contributed by atoms with Gasteiger partial charge < -0.3 is 39.7 Å². The summed E-state index contributed by atoms with van der Waals surface area (Å²) in [6.45, 7) is 4.32. The Labute approximate surface area is 198 Å². The molecule has 33 heavy (non-hydrogen) atoms. The van der Waals surface area contributed by atoms with Crippen molar-refractivity contribution < 1.29 is 39.7 Å². The number of unbranched alkanes of at least 4 members (excludes halogenated alkanes) is 6. The van der Waals surface area contributed by atoms with E-state index in [0.29, 0.717) is 13.0 Å². The van der Waals surface area contributed by atoms with E-state index in [-0.39, 0.29) is 13.3 Å². The van der Waals surface area contributed by atoms with E-state index in [9.17, 15) is 25.5 Å². The zero-order valence-corrected chi connectivity index (χ0v) is 20.3. The molecule has 0 amide bonds. The first-order chi connectivity index (χ1) is 16.0. The van der Waals surface area contributed by atoms with Gasteiger partial charge in [-0.3, -0.25) is 5.32 Å². The van der Waals surface area contributed by atoms with Crippen LogP contribution in [0.15, 0.2) is 12.2 Å². The van der Waals surface area contributed by atoms with Gasteiger partial charge in [-0.2, -0.15) is 0 Å². The standard InChI is InChI=1S/C24H47NO8/c1-3-5-6-7-8-9-10-11-12-14-31-17-25-18(19(27)13-4-2)16-32-24-23(30)22(29)21(28)20(15-26)33-24/h11-12,18-30H,3-10,13-17H2,1-2H3/b12-11-/t18?,19?,20?,21-,22?,23?,24-/m0/s1. The summed E-state index contributed by atoms with van der Waals surface area (Å²) < 4.78 is 16.5. The third-order valence-electron chi connectivity index (χ3n) is 5.89. The normalized spacial score (nSPS) is 27.8. The van der Waals surface area contributed by atoms with Gasteiger partial charge in [0.1, 0.15) is 24.4 Å². The first-order valence-corrected chi connectivity index (χ1v) is 12.5. The van der Waals surface area contributed by atoms with Crippen LogP contribution < -0.4 is 5.32 Å². The number of nitrogens with one attached hydrogen (secondary N) is 1. The summed E-state index contributed by atoms with van der Waals surface area (Å²) >= 11 is 0. The molecule has 0 aliphatic carbocycles. The second kappa shape index (κ2) is 18.7. The fourth-order valence-corrected chi connectivity index (χ4v) is 3.73. The molecule has 0 saturated carbocycles. The van der Waals surface area contributed by atoms with E-state index < -0.39 is 49.5 Å². The van der Waals surface area contributed by atoms with Crippen LogP contribution in [-0.2, 0) is 14.2 Å². The summed E-state index contributed by atoms with van der Waals surface area (Å²) in [5.41, 5.74) is 0. The van der Waals surface area contributed by atoms with Gasteiger partial charge in [0.15, 0.2) is 6.29 Å². The van der Waals surface area contributed by atoms with Gasteiger partial charge in [0.2, 0.25) is 0 Å². The molecular weight excluding hydrogens is 430 g/mol. The van der Waals surface area contributed by atoms with Crippen LogP contribution in [0.5, 0.6) is 0 Å². The first-order valence-electron chi connectivity index (χ1n) is 12.5. The number of aliphatic hydroxyl groups excluding tert-OH is 5. The second-order valence-electron chi connectivity index (χ2n) is 8.74. The summed E-state index contributed by atoms with van der Waals surface area (Å²) in [5.74, 6) is 0. The van der Waals surface area contributed by atoms with Crippen LogP contribution in [0, 0.1) is 0 Å². The summed E-state index contributed by atoms with van der Waals surface area (Å²) in [6.07, 6.45) is 6.78. The molecule has 1 aliphatic rings. The molecule has 1 saturated heterocycles. The maximum atomic E-state index is 10.4. The van der Waals surface area contributed by atoms with Crippen LogP contribution in [0.25, 0.3) is 0 Å². The average molecular weight is 478 g/mol. The molecule has 9 nitrogen and oxygen atoms in total. The van der Waals surface area contributed by atoms with E-state index in [1.165, 1.54) is 38.5 Å². The van der Waals surface area contributed by atoms with Gasteiger partial charge in [-0.1, -0.05) is 64.5 Å². The van der Waals surface area contributed by atoms with Gasteiger partial charge in [0, 0.05) is 0 Å². The summed E-state index contributed by atoms with van der Waals surface area (Å²) in [7, 11) is 0. The molecule has 0 aromatic heterocycles. The van der Waals surface area contributed by atoms with Crippen LogP contribution >= 0.6 is 0 Å². The third-order valence-corrected chi connectivity index (χ3v) is 5.89. The second-order valence-corrected chi connectivity index (χ2v) is 8.74. The minimum atomic E-state index is -1.50. The monoisotopic (exact) mass is 477 g/mol. The van der Waals surface area contributed by atoms with Crippen molar-refractivity contribution in [2.45, 2.75) is 114 Å². The highest BCUT2D eigenvalue weighted by Crippen LogP contribution is 2.22. The average Bonchev–Trinajstić information content (AvgIpc) is 2.81. The summed E-state index contributed by atoms with van der Waals surface area (Å²) in [5, 5.41) is 52.7. The number of allylic oxidation sites excluding steroid dienone is 1. The lowest BCUT2D eigenvalue weighted by atomic mass is 9.99. The van der Waals surface area contributed by atoms with Crippen molar-refractivity contribution in [1.82, 2.24) is 5.32 Å². The summed E-state index contributed by atoms with van der Waals surface area (Å²) in [6, 6.07) is -0.482.